The number of likely N-dealkylation sites (N-methyl/N-ethyl adjacent to an activating group) is 1. The third-order valence-corrected chi connectivity index (χ3v) is 6.19. The maximum atomic E-state index is 13.4. The van der Waals surface area contributed by atoms with E-state index in [-0.39, 0.29) is 11.6 Å². The van der Waals surface area contributed by atoms with Crippen LogP contribution < -0.4 is 20.1 Å². The van der Waals surface area contributed by atoms with Crippen molar-refractivity contribution in [2.45, 2.75) is 6.04 Å². The van der Waals surface area contributed by atoms with Gasteiger partial charge in [0.1, 0.15) is 6.54 Å². The Morgan fingerprint density at radius 3 is 2.52 bits per heavy atom. The van der Waals surface area contributed by atoms with Crippen LogP contribution >= 0.6 is 46.1 Å². The SMILES string of the molecule is CN1CC(c2cnc(Cl)s2)n2c1[n+](C)c([O-])c(-c1cc(Cl)cc(Cl)c1)c2=O. The number of aromatic nitrogens is 3. The molecule has 4 rings (SSSR count). The lowest BCUT2D eigenvalue weighted by atomic mass is 10.1. The molecule has 1 atom stereocenters. The average Bonchev–Trinajstić information content (AvgIpc) is 3.15. The topological polar surface area (TPSA) is 65.1 Å². The van der Waals surface area contributed by atoms with Crippen LogP contribution in [0.3, 0.4) is 0 Å². The highest BCUT2D eigenvalue weighted by Gasteiger charge is 2.40. The minimum absolute atomic E-state index is 0.0292. The Kier molecular flexibility index (Phi) is 4.58. The van der Waals surface area contributed by atoms with Crippen molar-refractivity contribution in [1.82, 2.24) is 9.55 Å². The maximum Gasteiger partial charge on any atom is 0.362 e. The number of rotatable bonds is 2. The number of anilines is 1. The van der Waals surface area contributed by atoms with Gasteiger partial charge in [0, 0.05) is 22.1 Å². The van der Waals surface area contributed by atoms with Crippen molar-refractivity contribution in [3.05, 3.63) is 54.1 Å². The standard InChI is InChI=1S/C17H13Cl3N4O2S/c1-22-7-11(12-6-21-16(20)27-12)24-15(26)13(14(25)23(2)17(22)24)8-3-9(18)5-10(19)4-8/h3-6,11H,7H2,1-2H3. The van der Waals surface area contributed by atoms with Crippen LogP contribution in [-0.2, 0) is 7.05 Å². The van der Waals surface area contributed by atoms with Crippen molar-refractivity contribution in [3.8, 4) is 17.0 Å². The van der Waals surface area contributed by atoms with E-state index in [0.29, 0.717) is 32.6 Å². The van der Waals surface area contributed by atoms with Crippen LogP contribution in [0, 0.1) is 0 Å². The second-order valence-corrected chi connectivity index (χ2v) is 8.80. The van der Waals surface area contributed by atoms with Crippen molar-refractivity contribution >= 4 is 52.1 Å². The molecule has 1 aliphatic heterocycles. The molecule has 6 nitrogen and oxygen atoms in total. The van der Waals surface area contributed by atoms with E-state index in [1.165, 1.54) is 15.9 Å². The molecule has 0 fully saturated rings. The number of halogens is 3. The molecule has 3 heterocycles. The molecule has 0 bridgehead atoms. The molecule has 0 aliphatic carbocycles. The van der Waals surface area contributed by atoms with Crippen LogP contribution in [0.25, 0.3) is 11.1 Å². The van der Waals surface area contributed by atoms with Gasteiger partial charge in [-0.25, -0.2) is 9.55 Å². The molecule has 27 heavy (non-hydrogen) atoms. The molecule has 0 N–H and O–H groups in total. The quantitative estimate of drug-likeness (QED) is 0.571. The maximum absolute atomic E-state index is 13.4. The molecular formula is C17H13Cl3N4O2S. The third-order valence-electron chi connectivity index (χ3n) is 4.54. The summed E-state index contributed by atoms with van der Waals surface area (Å²) in [6, 6.07) is 4.39. The lowest BCUT2D eigenvalue weighted by Crippen LogP contribution is -2.44. The molecule has 3 aromatic rings. The van der Waals surface area contributed by atoms with Gasteiger partial charge in [-0.05, 0) is 23.8 Å². The molecular weight excluding hydrogens is 431 g/mol. The Morgan fingerprint density at radius 1 is 1.26 bits per heavy atom. The van der Waals surface area contributed by atoms with E-state index < -0.39 is 11.4 Å². The zero-order valence-corrected chi connectivity index (χ0v) is 17.3. The van der Waals surface area contributed by atoms with Crippen LogP contribution in [0.5, 0.6) is 5.88 Å². The fourth-order valence-electron chi connectivity index (χ4n) is 3.45. The summed E-state index contributed by atoms with van der Waals surface area (Å²) in [4.78, 5) is 20.2. The fourth-order valence-corrected chi connectivity index (χ4v) is 5.01. The number of hydrogen-bond acceptors (Lipinski definition) is 5. The molecule has 1 unspecified atom stereocenters. The van der Waals surface area contributed by atoms with Gasteiger partial charge in [-0.15, -0.1) is 11.3 Å². The van der Waals surface area contributed by atoms with E-state index in [1.807, 2.05) is 11.9 Å². The van der Waals surface area contributed by atoms with Gasteiger partial charge in [0.05, 0.1) is 24.5 Å². The fraction of sp³-hybridized carbons (Fsp3) is 0.235. The first-order valence-corrected chi connectivity index (χ1v) is 9.87. The summed E-state index contributed by atoms with van der Waals surface area (Å²) in [6.07, 6.45) is 1.66. The summed E-state index contributed by atoms with van der Waals surface area (Å²) >= 11 is 19.5. The van der Waals surface area contributed by atoms with Crippen LogP contribution in [0.1, 0.15) is 10.9 Å². The van der Waals surface area contributed by atoms with Gasteiger partial charge in [0.2, 0.25) is 0 Å². The zero-order chi connectivity index (χ0) is 19.5. The van der Waals surface area contributed by atoms with E-state index >= 15 is 0 Å². The molecule has 140 valence electrons. The summed E-state index contributed by atoms with van der Waals surface area (Å²) < 4.78 is 3.48. The summed E-state index contributed by atoms with van der Waals surface area (Å²) in [5, 5.41) is 13.7. The van der Waals surface area contributed by atoms with Crippen LogP contribution in [0.4, 0.5) is 5.95 Å². The average molecular weight is 444 g/mol. The number of hydrogen-bond donors (Lipinski definition) is 0. The Balaban J connectivity index is 2.02. The van der Waals surface area contributed by atoms with Crippen LogP contribution in [0.2, 0.25) is 14.5 Å². The predicted octanol–water partition coefficient (Wildman–Crippen LogP) is 2.87. The third kappa shape index (κ3) is 2.99. The monoisotopic (exact) mass is 442 g/mol. The van der Waals surface area contributed by atoms with Crippen molar-refractivity contribution in [3.63, 3.8) is 0 Å². The molecule has 0 radical (unpaired) electrons. The summed E-state index contributed by atoms with van der Waals surface area (Å²) in [7, 11) is 3.48. The van der Waals surface area contributed by atoms with Gasteiger partial charge in [0.25, 0.3) is 0 Å². The Labute approximate surface area is 173 Å². The molecule has 0 spiro atoms. The minimum Gasteiger partial charge on any atom is -0.848 e. The Hall–Kier alpha value is -1.80. The molecule has 0 saturated carbocycles. The molecule has 10 heteroatoms. The first kappa shape index (κ1) is 18.6. The van der Waals surface area contributed by atoms with Gasteiger partial charge >= 0.3 is 11.5 Å². The van der Waals surface area contributed by atoms with Crippen LogP contribution in [0.15, 0.2) is 29.2 Å². The zero-order valence-electron chi connectivity index (χ0n) is 14.2. The molecule has 1 aromatic carbocycles. The van der Waals surface area contributed by atoms with E-state index in [0.717, 1.165) is 4.88 Å². The van der Waals surface area contributed by atoms with Crippen molar-refractivity contribution < 1.29 is 9.67 Å². The lowest BCUT2D eigenvalue weighted by molar-refractivity contribution is -0.705. The number of fused-ring (bicyclic) bond motifs is 1. The first-order valence-electron chi connectivity index (χ1n) is 7.92. The largest absolute Gasteiger partial charge is 0.848 e. The Morgan fingerprint density at radius 2 is 1.93 bits per heavy atom. The smallest absolute Gasteiger partial charge is 0.362 e. The van der Waals surface area contributed by atoms with Crippen molar-refractivity contribution in [1.29, 1.82) is 0 Å². The van der Waals surface area contributed by atoms with E-state index in [2.05, 4.69) is 4.98 Å². The highest BCUT2D eigenvalue weighted by molar-refractivity contribution is 7.15. The molecule has 0 saturated heterocycles. The van der Waals surface area contributed by atoms with E-state index in [9.17, 15) is 9.90 Å². The van der Waals surface area contributed by atoms with Gasteiger partial charge < -0.3 is 5.11 Å². The highest BCUT2D eigenvalue weighted by atomic mass is 35.5. The van der Waals surface area contributed by atoms with Crippen molar-refractivity contribution in [2.24, 2.45) is 7.05 Å². The molecule has 1 aliphatic rings. The van der Waals surface area contributed by atoms with Gasteiger partial charge in [-0.2, -0.15) is 4.57 Å². The van der Waals surface area contributed by atoms with Crippen molar-refractivity contribution in [2.75, 3.05) is 18.5 Å². The van der Waals surface area contributed by atoms with E-state index in [4.69, 9.17) is 34.8 Å². The molecule has 0 amide bonds. The second kappa shape index (κ2) is 6.67. The number of thiazole rings is 1. The van der Waals surface area contributed by atoms with Crippen LogP contribution in [-0.4, -0.2) is 23.1 Å². The summed E-state index contributed by atoms with van der Waals surface area (Å²) in [5.41, 5.74) is 0.0240. The second-order valence-electron chi connectivity index (χ2n) is 6.28. The lowest BCUT2D eigenvalue weighted by Gasteiger charge is -2.19. The van der Waals surface area contributed by atoms with Gasteiger partial charge in [-0.3, -0.25) is 9.69 Å². The Bertz CT molecular complexity index is 1110. The normalized spacial score (nSPS) is 16.0. The highest BCUT2D eigenvalue weighted by Crippen LogP contribution is 2.36. The van der Waals surface area contributed by atoms with Gasteiger partial charge in [0.15, 0.2) is 10.5 Å². The first-order chi connectivity index (χ1) is 12.8. The summed E-state index contributed by atoms with van der Waals surface area (Å²) in [6.45, 7) is 0.529. The number of nitrogens with zero attached hydrogens (tertiary/aromatic N) is 4. The van der Waals surface area contributed by atoms with E-state index in [1.54, 1.807) is 36.0 Å². The number of benzene rings is 1. The predicted molar refractivity (Wildman–Crippen MR) is 105 cm³/mol. The van der Waals surface area contributed by atoms with Gasteiger partial charge in [-0.1, -0.05) is 34.8 Å². The molecule has 2 aromatic heterocycles. The summed E-state index contributed by atoms with van der Waals surface area (Å²) in [5.74, 6) is 0.121. The minimum atomic E-state index is -0.403.